The molecule has 23 heavy (non-hydrogen) atoms. The number of imide groups is 1. The molecule has 0 spiro atoms. The lowest BCUT2D eigenvalue weighted by Gasteiger charge is -2.27. The molecule has 0 saturated carbocycles. The van der Waals surface area contributed by atoms with Gasteiger partial charge in [0.15, 0.2) is 0 Å². The highest BCUT2D eigenvalue weighted by molar-refractivity contribution is 6.26. The minimum atomic E-state index is -0.974. The number of nitrogen functional groups attached to an aromatic ring is 2. The summed E-state index contributed by atoms with van der Waals surface area (Å²) in [5.74, 6) is -1.90. The van der Waals surface area contributed by atoms with Crippen molar-refractivity contribution in [3.63, 3.8) is 0 Å². The van der Waals surface area contributed by atoms with Crippen LogP contribution in [0.2, 0.25) is 0 Å². The summed E-state index contributed by atoms with van der Waals surface area (Å²) >= 11 is 0. The smallest absolute Gasteiger partial charge is 0.303 e. The van der Waals surface area contributed by atoms with Crippen molar-refractivity contribution >= 4 is 39.9 Å². The van der Waals surface area contributed by atoms with Crippen molar-refractivity contribution in [3.05, 3.63) is 35.4 Å². The van der Waals surface area contributed by atoms with Gasteiger partial charge in [0.05, 0.1) is 11.1 Å². The van der Waals surface area contributed by atoms with Gasteiger partial charge in [-0.25, -0.2) is 0 Å². The topological polar surface area (TPSA) is 127 Å². The second-order valence-corrected chi connectivity index (χ2v) is 5.49. The van der Waals surface area contributed by atoms with Gasteiger partial charge >= 0.3 is 5.97 Å². The molecular weight excluding hydrogens is 298 g/mol. The number of carbonyl (C=O) groups excluding carboxylic acids is 2. The highest BCUT2D eigenvalue weighted by Gasteiger charge is 2.33. The molecule has 0 unspecified atom stereocenters. The Morgan fingerprint density at radius 1 is 1.00 bits per heavy atom. The van der Waals surface area contributed by atoms with Gasteiger partial charge in [0.1, 0.15) is 0 Å². The van der Waals surface area contributed by atoms with E-state index in [0.29, 0.717) is 33.3 Å². The summed E-state index contributed by atoms with van der Waals surface area (Å²) in [6.07, 6.45) is 0.0725. The van der Waals surface area contributed by atoms with Gasteiger partial charge in [-0.3, -0.25) is 19.3 Å². The molecule has 0 atom stereocenters. The molecule has 5 N–H and O–H groups in total. The van der Waals surface area contributed by atoms with E-state index in [-0.39, 0.29) is 19.4 Å². The van der Waals surface area contributed by atoms with Crippen LogP contribution in [0, 0.1) is 0 Å². The first-order chi connectivity index (χ1) is 10.9. The maximum absolute atomic E-state index is 12.6. The van der Waals surface area contributed by atoms with Gasteiger partial charge in [0, 0.05) is 29.7 Å². The van der Waals surface area contributed by atoms with Crippen LogP contribution in [-0.4, -0.2) is 34.3 Å². The summed E-state index contributed by atoms with van der Waals surface area (Å²) in [5.41, 5.74) is 13.1. The minimum absolute atomic E-state index is 0.0362. The average molecular weight is 313 g/mol. The fourth-order valence-electron chi connectivity index (χ4n) is 2.87. The lowest BCUT2D eigenvalue weighted by molar-refractivity contribution is -0.137. The third-order valence-corrected chi connectivity index (χ3v) is 3.82. The van der Waals surface area contributed by atoms with E-state index in [1.165, 1.54) is 12.1 Å². The number of carbonyl (C=O) groups is 3. The van der Waals surface area contributed by atoms with Crippen LogP contribution < -0.4 is 11.5 Å². The summed E-state index contributed by atoms with van der Waals surface area (Å²) in [6, 6.07) is 6.39. The van der Waals surface area contributed by atoms with Crippen LogP contribution in [0.15, 0.2) is 24.3 Å². The lowest BCUT2D eigenvalue weighted by Crippen LogP contribution is -2.41. The van der Waals surface area contributed by atoms with E-state index in [0.717, 1.165) is 4.90 Å². The van der Waals surface area contributed by atoms with Gasteiger partial charge in [0.25, 0.3) is 11.8 Å². The molecule has 7 heteroatoms. The number of carboxylic acid groups (broad SMARTS) is 1. The molecule has 0 radical (unpaired) electrons. The predicted octanol–water partition coefficient (Wildman–Crippen LogP) is 1.47. The normalized spacial score (nSPS) is 13.7. The van der Waals surface area contributed by atoms with Crippen molar-refractivity contribution in [1.82, 2.24) is 4.90 Å². The fourth-order valence-corrected chi connectivity index (χ4v) is 2.87. The number of carboxylic acids is 1. The molecule has 0 aromatic heterocycles. The number of anilines is 2. The van der Waals surface area contributed by atoms with Crippen LogP contribution in [0.3, 0.4) is 0 Å². The predicted molar refractivity (Wildman–Crippen MR) is 85.0 cm³/mol. The number of nitrogens with zero attached hydrogens (tertiary/aromatic N) is 1. The summed E-state index contributed by atoms with van der Waals surface area (Å²) < 4.78 is 0. The Morgan fingerprint density at radius 3 is 2.00 bits per heavy atom. The lowest BCUT2D eigenvalue weighted by atomic mass is 9.92. The Kier molecular flexibility index (Phi) is 3.40. The monoisotopic (exact) mass is 313 g/mol. The average Bonchev–Trinajstić information content (AvgIpc) is 2.46. The van der Waals surface area contributed by atoms with E-state index < -0.39 is 17.8 Å². The van der Waals surface area contributed by atoms with Crippen LogP contribution in [-0.2, 0) is 4.79 Å². The number of hydrogen-bond acceptors (Lipinski definition) is 5. The van der Waals surface area contributed by atoms with Crippen molar-refractivity contribution in [2.45, 2.75) is 12.8 Å². The molecule has 3 rings (SSSR count). The molecule has 1 heterocycles. The highest BCUT2D eigenvalue weighted by Crippen LogP contribution is 2.33. The summed E-state index contributed by atoms with van der Waals surface area (Å²) in [5, 5.41) is 9.89. The molecule has 2 amide bonds. The minimum Gasteiger partial charge on any atom is -0.481 e. The molecule has 0 bridgehead atoms. The first-order valence-electron chi connectivity index (χ1n) is 7.09. The van der Waals surface area contributed by atoms with E-state index in [9.17, 15) is 14.4 Å². The zero-order valence-electron chi connectivity index (χ0n) is 12.2. The van der Waals surface area contributed by atoms with Gasteiger partial charge in [0.2, 0.25) is 0 Å². The Hall–Kier alpha value is -3.09. The van der Waals surface area contributed by atoms with Gasteiger partial charge in [-0.15, -0.1) is 0 Å². The van der Waals surface area contributed by atoms with Gasteiger partial charge < -0.3 is 16.6 Å². The van der Waals surface area contributed by atoms with E-state index in [1.54, 1.807) is 12.1 Å². The molecule has 0 saturated heterocycles. The van der Waals surface area contributed by atoms with E-state index in [4.69, 9.17) is 16.6 Å². The second-order valence-electron chi connectivity index (χ2n) is 5.49. The quantitative estimate of drug-likeness (QED) is 0.579. The zero-order valence-corrected chi connectivity index (χ0v) is 12.2. The van der Waals surface area contributed by atoms with Crippen molar-refractivity contribution in [3.8, 4) is 0 Å². The number of hydrogen-bond donors (Lipinski definition) is 3. The molecule has 2 aromatic rings. The summed E-state index contributed by atoms with van der Waals surface area (Å²) in [4.78, 5) is 36.9. The van der Waals surface area contributed by atoms with Crippen molar-refractivity contribution in [1.29, 1.82) is 0 Å². The number of nitrogens with two attached hydrogens (primary N) is 2. The first-order valence-corrected chi connectivity index (χ1v) is 7.09. The SMILES string of the molecule is Nc1cc2c3c(cc(N)cc3c1)C(=O)N(CCCC(=O)O)C2=O. The standard InChI is InChI=1S/C16H15N3O4/c17-9-4-8-5-10(18)7-12-14(8)11(6-9)15(22)19(16(12)23)3-1-2-13(20)21/h4-7H,1-3,17-18H2,(H,20,21). The highest BCUT2D eigenvalue weighted by atomic mass is 16.4. The summed E-state index contributed by atoms with van der Waals surface area (Å²) in [7, 11) is 0. The Morgan fingerprint density at radius 2 is 1.52 bits per heavy atom. The largest absolute Gasteiger partial charge is 0.481 e. The van der Waals surface area contributed by atoms with Crippen molar-refractivity contribution in [2.24, 2.45) is 0 Å². The van der Waals surface area contributed by atoms with Gasteiger partial charge in [-0.2, -0.15) is 0 Å². The van der Waals surface area contributed by atoms with Crippen LogP contribution >= 0.6 is 0 Å². The Balaban J connectivity index is 2.10. The van der Waals surface area contributed by atoms with E-state index >= 15 is 0 Å². The second kappa shape index (κ2) is 5.28. The summed E-state index contributed by atoms with van der Waals surface area (Å²) in [6.45, 7) is 0.0362. The van der Waals surface area contributed by atoms with Crippen molar-refractivity contribution < 1.29 is 19.5 Å². The molecule has 0 aliphatic carbocycles. The molecule has 1 aliphatic rings. The third-order valence-electron chi connectivity index (χ3n) is 3.82. The van der Waals surface area contributed by atoms with Crippen LogP contribution in [0.4, 0.5) is 11.4 Å². The fraction of sp³-hybridized carbons (Fsp3) is 0.188. The molecule has 0 fully saturated rings. The Labute approximate surface area is 131 Å². The van der Waals surface area contributed by atoms with E-state index in [2.05, 4.69) is 0 Å². The molecule has 2 aromatic carbocycles. The number of aliphatic carboxylic acids is 1. The Bertz CT molecular complexity index is 803. The first kappa shape index (κ1) is 14.8. The van der Waals surface area contributed by atoms with Gasteiger partial charge in [-0.05, 0) is 36.1 Å². The van der Waals surface area contributed by atoms with Crippen LogP contribution in [0.25, 0.3) is 10.8 Å². The van der Waals surface area contributed by atoms with Gasteiger partial charge in [-0.1, -0.05) is 0 Å². The van der Waals surface area contributed by atoms with Crippen molar-refractivity contribution in [2.75, 3.05) is 18.0 Å². The molecule has 1 aliphatic heterocycles. The molecular formula is C16H15N3O4. The molecule has 118 valence electrons. The number of rotatable bonds is 4. The van der Waals surface area contributed by atoms with E-state index in [1.807, 2.05) is 0 Å². The number of amides is 2. The van der Waals surface area contributed by atoms with Crippen LogP contribution in [0.5, 0.6) is 0 Å². The molecule has 7 nitrogen and oxygen atoms in total. The maximum atomic E-state index is 12.6. The zero-order chi connectivity index (χ0) is 16.7. The maximum Gasteiger partial charge on any atom is 0.303 e. The number of benzene rings is 2. The third kappa shape index (κ3) is 2.46. The van der Waals surface area contributed by atoms with Crippen LogP contribution in [0.1, 0.15) is 33.6 Å².